The molecule has 79 heavy (non-hydrogen) atoms. The second kappa shape index (κ2) is 51.8. The Hall–Kier alpha value is -1.79. The molecule has 0 radical (unpaired) electrons. The predicted octanol–water partition coefficient (Wildman–Crippen LogP) is 12.9. The van der Waals surface area contributed by atoms with Gasteiger partial charge in [-0.1, -0.05) is 249 Å². The molecule has 11 unspecified atom stereocenters. The van der Waals surface area contributed by atoms with Gasteiger partial charge in [-0.05, 0) is 51.4 Å². The van der Waals surface area contributed by atoms with Gasteiger partial charge >= 0.3 is 5.97 Å². The molecule has 2 saturated heterocycles. The van der Waals surface area contributed by atoms with Crippen molar-refractivity contribution in [2.45, 2.75) is 338 Å². The third-order valence-electron chi connectivity index (χ3n) is 15.7. The van der Waals surface area contributed by atoms with Crippen molar-refractivity contribution in [2.75, 3.05) is 33.0 Å². The zero-order valence-electron chi connectivity index (χ0n) is 50.1. The highest BCUT2D eigenvalue weighted by Gasteiger charge is 2.47. The topological polar surface area (TPSA) is 214 Å². The van der Waals surface area contributed by atoms with Crippen LogP contribution in [0.3, 0.4) is 0 Å². The Morgan fingerprint density at radius 3 is 1.23 bits per heavy atom. The summed E-state index contributed by atoms with van der Waals surface area (Å²) in [5.74, 6) is -0.378. The first kappa shape index (κ1) is 73.3. The van der Waals surface area contributed by atoms with Crippen LogP contribution < -0.4 is 0 Å². The lowest BCUT2D eigenvalue weighted by Crippen LogP contribution is -2.61. The summed E-state index contributed by atoms with van der Waals surface area (Å²) in [5.41, 5.74) is 0. The number of esters is 1. The molecule has 2 aliphatic rings. The maximum Gasteiger partial charge on any atom is 0.306 e. The zero-order chi connectivity index (χ0) is 57.2. The first-order valence-corrected chi connectivity index (χ1v) is 32.6. The largest absolute Gasteiger partial charge is 0.457 e. The molecule has 14 heteroatoms. The van der Waals surface area contributed by atoms with Gasteiger partial charge in [0, 0.05) is 13.0 Å². The molecule has 0 bridgehead atoms. The summed E-state index contributed by atoms with van der Waals surface area (Å²) in [4.78, 5) is 13.1. The number of carbonyl (C=O) groups is 1. The van der Waals surface area contributed by atoms with E-state index < -0.39 is 80.7 Å². The van der Waals surface area contributed by atoms with Gasteiger partial charge in [-0.2, -0.15) is 0 Å². The molecule has 2 rings (SSSR count). The fourth-order valence-corrected chi connectivity index (χ4v) is 10.4. The average molecular weight is 1130 g/mol. The Balaban J connectivity index is 1.67. The molecule has 2 heterocycles. The Morgan fingerprint density at radius 2 is 0.785 bits per heavy atom. The summed E-state index contributed by atoms with van der Waals surface area (Å²) in [5, 5.41) is 72.5. The van der Waals surface area contributed by atoms with E-state index in [1.165, 1.54) is 186 Å². The fraction of sp³-hybridized carbons (Fsp3) is 0.892. The van der Waals surface area contributed by atoms with E-state index >= 15 is 0 Å². The van der Waals surface area contributed by atoms with Crippen LogP contribution in [0.1, 0.15) is 271 Å². The summed E-state index contributed by atoms with van der Waals surface area (Å²) in [6.07, 6.45) is 46.4. The molecule has 0 spiro atoms. The Labute approximate surface area is 480 Å². The van der Waals surface area contributed by atoms with Gasteiger partial charge in [0.2, 0.25) is 0 Å². The van der Waals surface area contributed by atoms with E-state index in [2.05, 4.69) is 50.3 Å². The van der Waals surface area contributed by atoms with Crippen LogP contribution in [-0.2, 0) is 33.2 Å². The van der Waals surface area contributed by atoms with Crippen molar-refractivity contribution in [3.63, 3.8) is 0 Å². The summed E-state index contributed by atoms with van der Waals surface area (Å²) in [6, 6.07) is 0. The van der Waals surface area contributed by atoms with Crippen LogP contribution in [0, 0.1) is 0 Å². The van der Waals surface area contributed by atoms with Gasteiger partial charge in [-0.3, -0.25) is 4.79 Å². The Kier molecular flexibility index (Phi) is 48.1. The number of aliphatic hydroxyl groups is 7. The average Bonchev–Trinajstić information content (AvgIpc) is 3.46. The molecular formula is C65H120O14. The number of hydrogen-bond acceptors (Lipinski definition) is 14. The number of unbranched alkanes of at least 4 members (excludes halogenated alkanes) is 34. The number of aliphatic hydroxyl groups excluding tert-OH is 7. The van der Waals surface area contributed by atoms with E-state index in [1.54, 1.807) is 0 Å². The third kappa shape index (κ3) is 37.9. The standard InChI is InChI=1S/C65H120O14/c1-3-5-7-9-11-13-15-17-19-21-23-25-27-28-30-32-34-36-38-40-42-44-46-48-57(67)77-54(51-74-49-47-45-43-41-39-37-35-33-31-29-26-24-22-20-18-16-14-12-10-8-6-4-2)52-75-64-63(73)61(71)59(69)56(79-64)53-76-65-62(72)60(70)58(68)55(50-66)78-65/h15,17,21,23,27-28,54-56,58-66,68-73H,3-14,16,18-20,22,24-26,29-53H2,1-2H3/b17-15-,23-21-,28-27-. The number of allylic oxidation sites excluding steroid dienone is 6. The SMILES string of the molecule is CCCCCCC/C=C\C/C=C\C/C=C\CCCCCCCCCCC(=O)OC(COCCCCCCCCCCCCCCCCCCCCCCCC)COC1OC(COC2OC(CO)C(O)C(O)C2O)C(O)C(O)C1O. The maximum absolute atomic E-state index is 13.1. The van der Waals surface area contributed by atoms with E-state index in [0.717, 1.165) is 57.8 Å². The van der Waals surface area contributed by atoms with Crippen molar-refractivity contribution in [3.8, 4) is 0 Å². The van der Waals surface area contributed by atoms with E-state index in [4.69, 9.17) is 28.4 Å². The molecular weight excluding hydrogens is 1000 g/mol. The van der Waals surface area contributed by atoms with Crippen molar-refractivity contribution < 1.29 is 69.0 Å². The molecule has 0 aliphatic carbocycles. The minimum atomic E-state index is -1.71. The molecule has 0 aromatic rings. The molecule has 464 valence electrons. The minimum absolute atomic E-state index is 0.0622. The minimum Gasteiger partial charge on any atom is -0.457 e. The summed E-state index contributed by atoms with van der Waals surface area (Å²) in [6.45, 7) is 3.73. The van der Waals surface area contributed by atoms with E-state index in [1.807, 2.05) is 0 Å². The molecule has 2 aliphatic heterocycles. The molecule has 11 atom stereocenters. The van der Waals surface area contributed by atoms with Gasteiger partial charge in [0.1, 0.15) is 54.9 Å². The molecule has 0 amide bonds. The highest BCUT2D eigenvalue weighted by molar-refractivity contribution is 5.69. The van der Waals surface area contributed by atoms with Crippen LogP contribution in [0.5, 0.6) is 0 Å². The highest BCUT2D eigenvalue weighted by Crippen LogP contribution is 2.27. The predicted molar refractivity (Wildman–Crippen MR) is 316 cm³/mol. The van der Waals surface area contributed by atoms with Gasteiger partial charge in [-0.25, -0.2) is 0 Å². The van der Waals surface area contributed by atoms with E-state index in [9.17, 15) is 40.5 Å². The van der Waals surface area contributed by atoms with Crippen LogP contribution in [0.4, 0.5) is 0 Å². The number of ether oxygens (including phenoxy) is 6. The van der Waals surface area contributed by atoms with Crippen molar-refractivity contribution in [1.29, 1.82) is 0 Å². The van der Waals surface area contributed by atoms with Crippen molar-refractivity contribution in [2.24, 2.45) is 0 Å². The molecule has 0 saturated carbocycles. The van der Waals surface area contributed by atoms with E-state index in [0.29, 0.717) is 13.0 Å². The van der Waals surface area contributed by atoms with Gasteiger partial charge in [-0.15, -0.1) is 0 Å². The van der Waals surface area contributed by atoms with Crippen LogP contribution in [-0.4, -0.2) is 142 Å². The number of rotatable bonds is 54. The van der Waals surface area contributed by atoms with Crippen LogP contribution in [0.2, 0.25) is 0 Å². The Morgan fingerprint density at radius 1 is 0.418 bits per heavy atom. The van der Waals surface area contributed by atoms with Crippen molar-refractivity contribution in [1.82, 2.24) is 0 Å². The lowest BCUT2D eigenvalue weighted by Gasteiger charge is -2.42. The number of hydrogen-bond donors (Lipinski definition) is 7. The fourth-order valence-electron chi connectivity index (χ4n) is 10.4. The van der Waals surface area contributed by atoms with Gasteiger partial charge in [0.15, 0.2) is 12.6 Å². The zero-order valence-corrected chi connectivity index (χ0v) is 50.1. The quantitative estimate of drug-likeness (QED) is 0.0172. The first-order chi connectivity index (χ1) is 38.6. The van der Waals surface area contributed by atoms with Crippen LogP contribution >= 0.6 is 0 Å². The monoisotopic (exact) mass is 1120 g/mol. The molecule has 7 N–H and O–H groups in total. The van der Waals surface area contributed by atoms with Crippen molar-refractivity contribution >= 4 is 5.97 Å². The second-order valence-electron chi connectivity index (χ2n) is 22.9. The second-order valence-corrected chi connectivity index (χ2v) is 22.9. The first-order valence-electron chi connectivity index (χ1n) is 32.6. The molecule has 0 aromatic carbocycles. The summed E-state index contributed by atoms with van der Waals surface area (Å²) in [7, 11) is 0. The van der Waals surface area contributed by atoms with Crippen LogP contribution in [0.25, 0.3) is 0 Å². The summed E-state index contributed by atoms with van der Waals surface area (Å²) >= 11 is 0. The lowest BCUT2D eigenvalue weighted by atomic mass is 9.98. The lowest BCUT2D eigenvalue weighted by molar-refractivity contribution is -0.332. The summed E-state index contributed by atoms with van der Waals surface area (Å²) < 4.78 is 34.5. The Bertz CT molecular complexity index is 1450. The highest BCUT2D eigenvalue weighted by atomic mass is 16.7. The van der Waals surface area contributed by atoms with Crippen LogP contribution in [0.15, 0.2) is 36.5 Å². The third-order valence-corrected chi connectivity index (χ3v) is 15.7. The molecule has 0 aromatic heterocycles. The van der Waals surface area contributed by atoms with Gasteiger partial charge < -0.3 is 64.2 Å². The number of carbonyl (C=O) groups excluding carboxylic acids is 1. The molecule has 14 nitrogen and oxygen atoms in total. The van der Waals surface area contributed by atoms with Gasteiger partial charge in [0.25, 0.3) is 0 Å². The normalized spacial score (nSPS) is 24.2. The maximum atomic E-state index is 13.1. The van der Waals surface area contributed by atoms with Crippen molar-refractivity contribution in [3.05, 3.63) is 36.5 Å². The van der Waals surface area contributed by atoms with E-state index in [-0.39, 0.29) is 25.6 Å². The molecule has 2 fully saturated rings. The smallest absolute Gasteiger partial charge is 0.306 e. The van der Waals surface area contributed by atoms with Gasteiger partial charge in [0.05, 0.1) is 26.4 Å².